The van der Waals surface area contributed by atoms with E-state index >= 15 is 0 Å². The Kier molecular flexibility index (Phi) is 39.1. The van der Waals surface area contributed by atoms with Crippen LogP contribution in [-0.2, 0) is 28.6 Å². The molecule has 3 unspecified atom stereocenters. The summed E-state index contributed by atoms with van der Waals surface area (Å²) in [4.78, 5) is 40.4. The Balaban J connectivity index is 5.12. The van der Waals surface area contributed by atoms with Crippen molar-refractivity contribution in [2.24, 2.45) is 5.41 Å². The van der Waals surface area contributed by atoms with Gasteiger partial charge >= 0.3 is 5.97 Å². The third kappa shape index (κ3) is 37.3. The molecule has 0 heterocycles. The summed E-state index contributed by atoms with van der Waals surface area (Å²) >= 11 is 0. The average molecular weight is 936 g/mol. The molecule has 0 rings (SSSR count). The Morgan fingerprint density at radius 1 is 0.500 bits per heavy atom. The van der Waals surface area contributed by atoms with Crippen molar-refractivity contribution in [1.82, 2.24) is 10.6 Å². The zero-order valence-electron chi connectivity index (χ0n) is 46.1. The van der Waals surface area contributed by atoms with Gasteiger partial charge in [0.1, 0.15) is 0 Å². The summed E-state index contributed by atoms with van der Waals surface area (Å²) in [5.41, 5.74) is -1.29. The van der Waals surface area contributed by atoms with Crippen LogP contribution in [0.25, 0.3) is 0 Å². The lowest BCUT2D eigenvalue weighted by Gasteiger charge is -2.43. The first-order chi connectivity index (χ1) is 31.5. The van der Waals surface area contributed by atoms with E-state index in [0.29, 0.717) is 19.4 Å². The maximum absolute atomic E-state index is 14.1. The predicted molar refractivity (Wildman–Crippen MR) is 282 cm³/mol. The number of unbranched alkanes of at least 4 members (excludes halogenated alkanes) is 28. The third-order valence-corrected chi connectivity index (χ3v) is 14.4. The van der Waals surface area contributed by atoms with Crippen molar-refractivity contribution in [3.05, 3.63) is 0 Å². The highest BCUT2D eigenvalue weighted by Crippen LogP contribution is 2.40. The van der Waals surface area contributed by atoms with Crippen molar-refractivity contribution >= 4 is 17.8 Å². The van der Waals surface area contributed by atoms with Crippen molar-refractivity contribution in [3.8, 4) is 0 Å². The molecule has 2 N–H and O–H groups in total. The van der Waals surface area contributed by atoms with Gasteiger partial charge in [0.2, 0.25) is 5.91 Å². The number of ether oxygens (including phenoxy) is 3. The van der Waals surface area contributed by atoms with Crippen molar-refractivity contribution in [3.63, 3.8) is 0 Å². The molecule has 2 amide bonds. The molecule has 3 atom stereocenters. The minimum Gasteiger partial charge on any atom is -0.450 e. The Morgan fingerprint density at radius 3 is 1.27 bits per heavy atom. The molecule has 0 aromatic carbocycles. The number of hydrogen-bond donors (Lipinski definition) is 2. The molecule has 0 saturated carbocycles. The third-order valence-electron chi connectivity index (χ3n) is 14.4. The number of esters is 1. The second-order valence-corrected chi connectivity index (χ2v) is 22.5. The molecule has 0 aliphatic rings. The lowest BCUT2D eigenvalue weighted by atomic mass is 9.71. The van der Waals surface area contributed by atoms with Crippen molar-refractivity contribution in [2.75, 3.05) is 20.3 Å². The molecule has 0 saturated heterocycles. The van der Waals surface area contributed by atoms with Gasteiger partial charge in [-0.3, -0.25) is 14.4 Å². The molecular formula is C58H114N2O6. The topological polar surface area (TPSA) is 103 Å². The fourth-order valence-corrected chi connectivity index (χ4v) is 9.69. The fourth-order valence-electron chi connectivity index (χ4n) is 9.69. The van der Waals surface area contributed by atoms with E-state index in [-0.39, 0.29) is 47.4 Å². The smallest absolute Gasteiger partial charge is 0.306 e. The summed E-state index contributed by atoms with van der Waals surface area (Å²) in [5.74, 6) is -0.802. The van der Waals surface area contributed by atoms with Gasteiger partial charge in [-0.05, 0) is 78.1 Å². The number of methoxy groups -OCH3 is 1. The average Bonchev–Trinajstić information content (AvgIpc) is 3.27. The zero-order chi connectivity index (χ0) is 49.4. The molecule has 8 heteroatoms. The number of carbonyl (C=O) groups excluding carboxylic acids is 3. The van der Waals surface area contributed by atoms with Crippen molar-refractivity contribution in [2.45, 2.75) is 330 Å². The standard InChI is InChI=1S/C58H114N2O6/c1-12-16-18-20-22-24-26-28-30-32-34-36-38-40-42-44-52(61)59-48-51(66-53(62)45-43-41-39-37-35-33-31-29-27-25-23-21-19-17-13-2)54(63)60-57(9,14-3)49-55(5,6)50-58(10,15-4)65-47-46-56(7,8)64-11/h51H,12-50H2,1-11H3,(H,59,61)(H,60,63). The van der Waals surface area contributed by atoms with E-state index in [1.54, 1.807) is 7.11 Å². The van der Waals surface area contributed by atoms with Crippen LogP contribution in [0.2, 0.25) is 0 Å². The first-order valence-electron chi connectivity index (χ1n) is 28.5. The molecule has 0 aliphatic heterocycles. The largest absolute Gasteiger partial charge is 0.450 e. The van der Waals surface area contributed by atoms with E-state index in [2.05, 4.69) is 79.9 Å². The molecule has 66 heavy (non-hydrogen) atoms. The van der Waals surface area contributed by atoms with E-state index < -0.39 is 11.6 Å². The highest BCUT2D eigenvalue weighted by Gasteiger charge is 2.39. The number of hydrogen-bond acceptors (Lipinski definition) is 6. The quantitative estimate of drug-likeness (QED) is 0.0465. The number of carbonyl (C=O) groups is 3. The normalized spacial score (nSPS) is 14.4. The molecule has 0 spiro atoms. The van der Waals surface area contributed by atoms with Crippen molar-refractivity contribution in [1.29, 1.82) is 0 Å². The van der Waals surface area contributed by atoms with Gasteiger partial charge < -0.3 is 24.8 Å². The van der Waals surface area contributed by atoms with Crippen LogP contribution in [0.1, 0.15) is 307 Å². The molecule has 392 valence electrons. The molecule has 0 radical (unpaired) electrons. The maximum Gasteiger partial charge on any atom is 0.306 e. The summed E-state index contributed by atoms with van der Waals surface area (Å²) in [6.07, 6.45) is 41.6. The van der Waals surface area contributed by atoms with Gasteiger partial charge in [0.15, 0.2) is 6.10 Å². The number of rotatable bonds is 48. The fraction of sp³-hybridized carbons (Fsp3) is 0.948. The molecule has 0 aliphatic carbocycles. The van der Waals surface area contributed by atoms with Crippen molar-refractivity contribution < 1.29 is 28.6 Å². The molecule has 8 nitrogen and oxygen atoms in total. The Labute approximate surface area is 410 Å². The monoisotopic (exact) mass is 935 g/mol. The van der Waals surface area contributed by atoms with Crippen LogP contribution in [0.15, 0.2) is 0 Å². The Morgan fingerprint density at radius 2 is 0.894 bits per heavy atom. The van der Waals surface area contributed by atoms with Gasteiger partial charge in [0.05, 0.1) is 24.4 Å². The lowest BCUT2D eigenvalue weighted by molar-refractivity contribution is -0.157. The Hall–Kier alpha value is -1.67. The van der Waals surface area contributed by atoms with Crippen LogP contribution >= 0.6 is 0 Å². The van der Waals surface area contributed by atoms with E-state index in [4.69, 9.17) is 14.2 Å². The summed E-state index contributed by atoms with van der Waals surface area (Å²) in [6, 6.07) is 0. The van der Waals surface area contributed by atoms with E-state index in [1.807, 2.05) is 0 Å². The van der Waals surface area contributed by atoms with Gasteiger partial charge in [-0.25, -0.2) is 0 Å². The number of amides is 2. The highest BCUT2D eigenvalue weighted by molar-refractivity contribution is 5.85. The van der Waals surface area contributed by atoms with Gasteiger partial charge in [-0.15, -0.1) is 0 Å². The highest BCUT2D eigenvalue weighted by atomic mass is 16.5. The first-order valence-corrected chi connectivity index (χ1v) is 28.5. The summed E-state index contributed by atoms with van der Waals surface area (Å²) in [5, 5.41) is 6.26. The van der Waals surface area contributed by atoms with Gasteiger partial charge in [-0.2, -0.15) is 0 Å². The molecule has 0 aromatic heterocycles. The van der Waals surface area contributed by atoms with Crippen LogP contribution in [0.3, 0.4) is 0 Å². The minimum atomic E-state index is -1.08. The number of nitrogens with one attached hydrogen (secondary N) is 2. The maximum atomic E-state index is 14.1. The van der Waals surface area contributed by atoms with Crippen LogP contribution in [0.4, 0.5) is 0 Å². The molecular weight excluding hydrogens is 821 g/mol. The SMILES string of the molecule is CCCCCCCCCCCCCCCCCC(=O)NCC(OC(=O)CCCCCCCCCCCCCCCCC)C(=O)NC(C)(CC)CC(C)(C)CC(C)(CC)OCCC(C)(C)OC. The van der Waals surface area contributed by atoms with E-state index in [9.17, 15) is 14.4 Å². The van der Waals surface area contributed by atoms with Crippen LogP contribution in [0, 0.1) is 5.41 Å². The zero-order valence-corrected chi connectivity index (χ0v) is 46.1. The summed E-state index contributed by atoms with van der Waals surface area (Å²) in [6.45, 7) is 22.3. The minimum absolute atomic E-state index is 0.0171. The summed E-state index contributed by atoms with van der Waals surface area (Å²) in [7, 11) is 1.74. The molecule has 0 aromatic rings. The second kappa shape index (κ2) is 40.1. The van der Waals surface area contributed by atoms with Gasteiger partial charge in [-0.1, -0.05) is 221 Å². The van der Waals surface area contributed by atoms with E-state index in [0.717, 1.165) is 64.2 Å². The Bertz CT molecular complexity index is 1170. The van der Waals surface area contributed by atoms with Crippen LogP contribution in [-0.4, -0.2) is 60.9 Å². The molecule has 0 fully saturated rings. The predicted octanol–water partition coefficient (Wildman–Crippen LogP) is 16.6. The van der Waals surface area contributed by atoms with Crippen LogP contribution in [0.5, 0.6) is 0 Å². The lowest BCUT2D eigenvalue weighted by Crippen LogP contribution is -2.55. The second-order valence-electron chi connectivity index (χ2n) is 22.5. The van der Waals surface area contributed by atoms with E-state index in [1.165, 1.54) is 154 Å². The molecule has 0 bridgehead atoms. The summed E-state index contributed by atoms with van der Waals surface area (Å²) < 4.78 is 18.1. The van der Waals surface area contributed by atoms with Gasteiger partial charge in [0, 0.05) is 25.5 Å². The van der Waals surface area contributed by atoms with Gasteiger partial charge in [0.25, 0.3) is 5.91 Å². The van der Waals surface area contributed by atoms with Crippen LogP contribution < -0.4 is 10.6 Å². The first kappa shape index (κ1) is 64.3.